The molecule has 0 aliphatic carbocycles. The third-order valence-electron chi connectivity index (χ3n) is 7.41. The van der Waals surface area contributed by atoms with Crippen LogP contribution >= 0.6 is 11.6 Å². The van der Waals surface area contributed by atoms with Crippen molar-refractivity contribution < 1.29 is 0 Å². The number of pyridine rings is 1. The van der Waals surface area contributed by atoms with Crippen LogP contribution in [-0.2, 0) is 6.54 Å². The molecule has 0 radical (unpaired) electrons. The van der Waals surface area contributed by atoms with Gasteiger partial charge in [0.15, 0.2) is 6.29 Å². The number of piperidine rings is 1. The van der Waals surface area contributed by atoms with Crippen molar-refractivity contribution >= 4 is 29.3 Å². The summed E-state index contributed by atoms with van der Waals surface area (Å²) >= 11 is 6.69. The first kappa shape index (κ1) is 25.3. The standard InChI is InChI=1S/C30H30ClN7O/c1-2-38-28-22(12-26(29(38)39)25-10-7-20(13-27(25)31)23-15-33-18-34-16-23)17-35-30(37-28)36-24-8-5-19(6-9-24)21-4-3-11-32-14-21/h5-10,12-13,15-18,21,30,32,36-37H,2-4,11,14H2,1H3. The molecule has 0 spiro atoms. The molecule has 39 heavy (non-hydrogen) atoms. The fourth-order valence-electron chi connectivity index (χ4n) is 5.34. The normalized spacial score (nSPS) is 18.3. The molecule has 9 heteroatoms. The lowest BCUT2D eigenvalue weighted by molar-refractivity contribution is 0.461. The molecule has 6 rings (SSSR count). The molecule has 2 atom stereocenters. The highest BCUT2D eigenvalue weighted by Crippen LogP contribution is 2.32. The topological polar surface area (TPSA) is 96.2 Å². The smallest absolute Gasteiger partial charge is 0.260 e. The number of rotatable bonds is 6. The molecule has 4 heterocycles. The van der Waals surface area contributed by atoms with Gasteiger partial charge in [-0.15, -0.1) is 0 Å². The van der Waals surface area contributed by atoms with Gasteiger partial charge in [-0.25, -0.2) is 15.0 Å². The number of fused-ring (bicyclic) bond motifs is 1. The molecule has 0 amide bonds. The van der Waals surface area contributed by atoms with Crippen LogP contribution < -0.4 is 21.5 Å². The van der Waals surface area contributed by atoms with Gasteiger partial charge in [0.25, 0.3) is 5.56 Å². The lowest BCUT2D eigenvalue weighted by atomic mass is 9.92. The van der Waals surface area contributed by atoms with Crippen LogP contribution in [0.2, 0.25) is 5.02 Å². The molecule has 2 aliphatic rings. The maximum Gasteiger partial charge on any atom is 0.260 e. The summed E-state index contributed by atoms with van der Waals surface area (Å²) in [6, 6.07) is 16.1. The van der Waals surface area contributed by atoms with Crippen molar-refractivity contribution in [1.29, 1.82) is 0 Å². The van der Waals surface area contributed by atoms with Crippen LogP contribution in [0.1, 0.15) is 36.8 Å². The largest absolute Gasteiger partial charge is 0.347 e. The lowest BCUT2D eigenvalue weighted by Crippen LogP contribution is -2.35. The number of hydrogen-bond acceptors (Lipinski definition) is 7. The summed E-state index contributed by atoms with van der Waals surface area (Å²) < 4.78 is 1.74. The molecular formula is C30H30ClN7O. The number of benzene rings is 2. The minimum atomic E-state index is -0.390. The van der Waals surface area contributed by atoms with Gasteiger partial charge < -0.3 is 16.0 Å². The maximum atomic E-state index is 13.6. The van der Waals surface area contributed by atoms with Crippen LogP contribution in [0.4, 0.5) is 11.5 Å². The zero-order chi connectivity index (χ0) is 26.8. The number of nitrogens with zero attached hydrogens (tertiary/aromatic N) is 4. The molecule has 2 aliphatic heterocycles. The van der Waals surface area contributed by atoms with Crippen molar-refractivity contribution in [1.82, 2.24) is 19.9 Å². The molecule has 2 aromatic heterocycles. The first-order chi connectivity index (χ1) is 19.1. The number of aliphatic imine (C=N–C) groups is 1. The zero-order valence-corrected chi connectivity index (χ0v) is 22.4. The van der Waals surface area contributed by atoms with E-state index in [1.807, 2.05) is 37.4 Å². The summed E-state index contributed by atoms with van der Waals surface area (Å²) in [5.41, 5.74) is 6.00. The second kappa shape index (κ2) is 11.0. The molecule has 198 valence electrons. The van der Waals surface area contributed by atoms with Crippen molar-refractivity contribution in [2.24, 2.45) is 4.99 Å². The first-order valence-corrected chi connectivity index (χ1v) is 13.7. The summed E-state index contributed by atoms with van der Waals surface area (Å²) in [5, 5.41) is 10.8. The van der Waals surface area contributed by atoms with Crippen LogP contribution in [0.3, 0.4) is 0 Å². The molecule has 0 saturated carbocycles. The molecule has 2 unspecified atom stereocenters. The Morgan fingerprint density at radius 1 is 1.05 bits per heavy atom. The van der Waals surface area contributed by atoms with E-state index in [0.29, 0.717) is 28.6 Å². The van der Waals surface area contributed by atoms with Gasteiger partial charge in [-0.1, -0.05) is 35.9 Å². The third kappa shape index (κ3) is 5.17. The van der Waals surface area contributed by atoms with Crippen LogP contribution in [0.25, 0.3) is 22.3 Å². The van der Waals surface area contributed by atoms with Crippen LogP contribution in [0, 0.1) is 0 Å². The van der Waals surface area contributed by atoms with Crippen molar-refractivity contribution in [3.63, 3.8) is 0 Å². The first-order valence-electron chi connectivity index (χ1n) is 13.3. The highest BCUT2D eigenvalue weighted by molar-refractivity contribution is 6.33. The highest BCUT2D eigenvalue weighted by atomic mass is 35.5. The Labute approximate surface area is 232 Å². The average molecular weight is 540 g/mol. The lowest BCUT2D eigenvalue weighted by Gasteiger charge is -2.27. The van der Waals surface area contributed by atoms with Gasteiger partial charge in [0.2, 0.25) is 0 Å². The van der Waals surface area contributed by atoms with Crippen molar-refractivity contribution in [3.05, 3.63) is 93.8 Å². The number of aromatic nitrogens is 3. The number of anilines is 2. The second-order valence-corrected chi connectivity index (χ2v) is 10.3. The van der Waals surface area contributed by atoms with Gasteiger partial charge >= 0.3 is 0 Å². The molecule has 1 fully saturated rings. The second-order valence-electron chi connectivity index (χ2n) is 9.87. The summed E-state index contributed by atoms with van der Waals surface area (Å²) in [6.07, 6.45) is 8.81. The van der Waals surface area contributed by atoms with Crippen LogP contribution in [0.15, 0.2) is 77.0 Å². The Morgan fingerprint density at radius 3 is 2.59 bits per heavy atom. The van der Waals surface area contributed by atoms with Crippen molar-refractivity contribution in [2.75, 3.05) is 23.7 Å². The summed E-state index contributed by atoms with van der Waals surface area (Å²) in [6.45, 7) is 4.60. The van der Waals surface area contributed by atoms with Gasteiger partial charge in [-0.2, -0.15) is 0 Å². The third-order valence-corrected chi connectivity index (χ3v) is 7.72. The SMILES string of the molecule is CCn1c2c(cc(-c3ccc(-c4cncnc4)cc3Cl)c1=O)C=NC(Nc1ccc(C3CCCNC3)cc1)N2. The fraction of sp³-hybridized carbons (Fsp3) is 0.267. The zero-order valence-electron chi connectivity index (χ0n) is 21.7. The van der Waals surface area contributed by atoms with Crippen molar-refractivity contribution in [3.8, 4) is 22.3 Å². The van der Waals surface area contributed by atoms with E-state index >= 15 is 0 Å². The number of nitrogens with one attached hydrogen (secondary N) is 3. The quantitative estimate of drug-likeness (QED) is 0.305. The molecule has 1 saturated heterocycles. The molecule has 2 aromatic carbocycles. The molecule has 3 N–H and O–H groups in total. The van der Waals surface area contributed by atoms with E-state index in [9.17, 15) is 4.79 Å². The van der Waals surface area contributed by atoms with E-state index in [1.165, 1.54) is 24.7 Å². The Hall–Kier alpha value is -4.01. The predicted molar refractivity (Wildman–Crippen MR) is 158 cm³/mol. The van der Waals surface area contributed by atoms with E-state index < -0.39 is 6.29 Å². The van der Waals surface area contributed by atoms with E-state index in [0.717, 1.165) is 41.3 Å². The van der Waals surface area contributed by atoms with Gasteiger partial charge in [-0.3, -0.25) is 9.36 Å². The Morgan fingerprint density at radius 2 is 1.87 bits per heavy atom. The summed E-state index contributed by atoms with van der Waals surface area (Å²) in [4.78, 5) is 26.4. The molecule has 4 aromatic rings. The van der Waals surface area contributed by atoms with E-state index in [1.54, 1.807) is 17.0 Å². The minimum absolute atomic E-state index is 0.110. The monoisotopic (exact) mass is 539 g/mol. The van der Waals surface area contributed by atoms with Gasteiger partial charge in [0, 0.05) is 64.7 Å². The highest BCUT2D eigenvalue weighted by Gasteiger charge is 2.22. The molecule has 0 bridgehead atoms. The molecular weight excluding hydrogens is 510 g/mol. The van der Waals surface area contributed by atoms with E-state index in [2.05, 4.69) is 55.2 Å². The van der Waals surface area contributed by atoms with Gasteiger partial charge in [0.1, 0.15) is 12.1 Å². The summed E-state index contributed by atoms with van der Waals surface area (Å²) in [7, 11) is 0. The average Bonchev–Trinajstić information content (AvgIpc) is 2.98. The van der Waals surface area contributed by atoms with Crippen LogP contribution in [0.5, 0.6) is 0 Å². The maximum absolute atomic E-state index is 13.6. The van der Waals surface area contributed by atoms with E-state index in [4.69, 9.17) is 11.6 Å². The Balaban J connectivity index is 1.24. The minimum Gasteiger partial charge on any atom is -0.347 e. The Kier molecular flexibility index (Phi) is 7.13. The molecule has 8 nitrogen and oxygen atoms in total. The van der Waals surface area contributed by atoms with Gasteiger partial charge in [0.05, 0.1) is 0 Å². The number of hydrogen-bond donors (Lipinski definition) is 3. The Bertz CT molecular complexity index is 1560. The predicted octanol–water partition coefficient (Wildman–Crippen LogP) is 5.35. The van der Waals surface area contributed by atoms with Crippen LogP contribution in [-0.4, -0.2) is 40.1 Å². The summed E-state index contributed by atoms with van der Waals surface area (Å²) in [5.74, 6) is 1.30. The van der Waals surface area contributed by atoms with Gasteiger partial charge in [-0.05, 0) is 67.6 Å². The fourth-order valence-corrected chi connectivity index (χ4v) is 5.63. The van der Waals surface area contributed by atoms with E-state index in [-0.39, 0.29) is 5.56 Å². The number of halogens is 1. The van der Waals surface area contributed by atoms with Crippen molar-refractivity contribution in [2.45, 2.75) is 38.5 Å².